The van der Waals surface area contributed by atoms with Gasteiger partial charge in [0, 0.05) is 20.3 Å². The molecule has 12 heavy (non-hydrogen) atoms. The average molecular weight is 193 g/mol. The summed E-state index contributed by atoms with van der Waals surface area (Å²) in [4.78, 5) is 0. The molecular formula is C7H19NO3Si. The van der Waals surface area contributed by atoms with Crippen molar-refractivity contribution in [1.29, 1.82) is 0 Å². The second kappa shape index (κ2) is 5.66. The van der Waals surface area contributed by atoms with Crippen molar-refractivity contribution < 1.29 is 13.3 Å². The maximum absolute atomic E-state index is 5.51. The van der Waals surface area contributed by atoms with Crippen LogP contribution < -0.4 is 5.73 Å². The van der Waals surface area contributed by atoms with Crippen LogP contribution in [0.1, 0.15) is 20.3 Å². The normalized spacial score (nSPS) is 14.8. The van der Waals surface area contributed by atoms with Crippen molar-refractivity contribution in [3.05, 3.63) is 0 Å². The summed E-state index contributed by atoms with van der Waals surface area (Å²) >= 11 is 0. The van der Waals surface area contributed by atoms with Crippen molar-refractivity contribution in [2.45, 2.75) is 32.5 Å². The minimum absolute atomic E-state index is 0.330. The Bertz CT molecular complexity index is 117. The van der Waals surface area contributed by atoms with Crippen molar-refractivity contribution >= 4 is 8.80 Å². The van der Waals surface area contributed by atoms with Crippen molar-refractivity contribution in [1.82, 2.24) is 0 Å². The summed E-state index contributed by atoms with van der Waals surface area (Å²) in [6.45, 7) is 3.83. The maximum Gasteiger partial charge on any atom is 0.501 e. The summed E-state index contributed by atoms with van der Waals surface area (Å²) < 4.78 is 16.0. The second-order valence-corrected chi connectivity index (χ2v) is 5.58. The fourth-order valence-electron chi connectivity index (χ4n) is 1.03. The Hall–Kier alpha value is 0.0569. The molecule has 0 saturated heterocycles. The molecule has 1 atom stereocenters. The molecule has 0 spiro atoms. The lowest BCUT2D eigenvalue weighted by Gasteiger charge is -2.27. The first-order chi connectivity index (χ1) is 5.60. The Kier molecular flexibility index (Phi) is 5.69. The van der Waals surface area contributed by atoms with Gasteiger partial charge in [0.05, 0.1) is 6.23 Å². The van der Waals surface area contributed by atoms with Gasteiger partial charge in [0.15, 0.2) is 0 Å². The summed E-state index contributed by atoms with van der Waals surface area (Å²) in [7, 11) is 0.778. The summed E-state index contributed by atoms with van der Waals surface area (Å²) in [6.07, 6.45) is 0.642. The third kappa shape index (κ3) is 3.64. The van der Waals surface area contributed by atoms with E-state index >= 15 is 0 Å². The summed E-state index contributed by atoms with van der Waals surface area (Å²) in [5, 5.41) is 0. The van der Waals surface area contributed by atoms with E-state index in [4.69, 9.17) is 19.0 Å². The molecule has 0 aliphatic heterocycles. The Morgan fingerprint density at radius 2 is 1.83 bits per heavy atom. The van der Waals surface area contributed by atoms with E-state index in [-0.39, 0.29) is 6.23 Å². The second-order valence-electron chi connectivity index (χ2n) is 2.66. The largest absolute Gasteiger partial charge is 0.501 e. The summed E-state index contributed by atoms with van der Waals surface area (Å²) in [5.41, 5.74) is 5.51. The zero-order valence-electron chi connectivity index (χ0n) is 8.29. The van der Waals surface area contributed by atoms with Crippen molar-refractivity contribution in [3.63, 3.8) is 0 Å². The van der Waals surface area contributed by atoms with Gasteiger partial charge in [0.25, 0.3) is 0 Å². The average Bonchev–Trinajstić information content (AvgIpc) is 2.03. The molecule has 0 bridgehead atoms. The first kappa shape index (κ1) is 12.1. The molecule has 0 radical (unpaired) electrons. The molecule has 2 N–H and O–H groups in total. The lowest BCUT2D eigenvalue weighted by atomic mass is 10.6. The number of nitrogens with two attached hydrogens (primary N) is 1. The van der Waals surface area contributed by atoms with Crippen LogP contribution in [0.25, 0.3) is 0 Å². The first-order valence-electron chi connectivity index (χ1n) is 4.14. The SMILES string of the molecule is CCC[Si](OC)(OC)OC(C)N. The van der Waals surface area contributed by atoms with Crippen LogP contribution in [0.5, 0.6) is 0 Å². The third-order valence-electron chi connectivity index (χ3n) is 1.54. The maximum atomic E-state index is 5.51. The molecule has 0 rings (SSSR count). The number of hydrogen-bond acceptors (Lipinski definition) is 4. The molecule has 0 aromatic rings. The van der Waals surface area contributed by atoms with E-state index in [1.165, 1.54) is 0 Å². The van der Waals surface area contributed by atoms with Crippen molar-refractivity contribution in [2.24, 2.45) is 5.73 Å². The highest BCUT2D eigenvalue weighted by Gasteiger charge is 2.38. The van der Waals surface area contributed by atoms with Crippen LogP contribution in [-0.4, -0.2) is 29.3 Å². The molecule has 0 aliphatic rings. The van der Waals surface area contributed by atoms with Crippen LogP contribution in [0, 0.1) is 0 Å². The highest BCUT2D eigenvalue weighted by Crippen LogP contribution is 2.16. The van der Waals surface area contributed by atoms with Gasteiger partial charge in [0.2, 0.25) is 0 Å². The zero-order valence-corrected chi connectivity index (χ0v) is 9.29. The van der Waals surface area contributed by atoms with Crippen LogP contribution in [0.4, 0.5) is 0 Å². The van der Waals surface area contributed by atoms with E-state index in [9.17, 15) is 0 Å². The highest BCUT2D eigenvalue weighted by atomic mass is 28.4. The molecule has 0 aromatic carbocycles. The van der Waals surface area contributed by atoms with Gasteiger partial charge in [-0.2, -0.15) is 0 Å². The lowest BCUT2D eigenvalue weighted by molar-refractivity contribution is 0.0651. The van der Waals surface area contributed by atoms with Crippen LogP contribution in [-0.2, 0) is 13.3 Å². The van der Waals surface area contributed by atoms with Gasteiger partial charge in [-0.15, -0.1) is 0 Å². The minimum Gasteiger partial charge on any atom is -0.377 e. The quantitative estimate of drug-likeness (QED) is 0.504. The van der Waals surface area contributed by atoms with Crippen LogP contribution in [0.2, 0.25) is 6.04 Å². The lowest BCUT2D eigenvalue weighted by Crippen LogP contribution is -2.48. The molecule has 0 saturated carbocycles. The predicted octanol–water partition coefficient (Wildman–Crippen LogP) is 0.949. The minimum atomic E-state index is -2.43. The van der Waals surface area contributed by atoms with Gasteiger partial charge >= 0.3 is 8.80 Å². The van der Waals surface area contributed by atoms with E-state index in [1.54, 1.807) is 21.1 Å². The monoisotopic (exact) mass is 193 g/mol. The zero-order chi connectivity index (χ0) is 9.61. The van der Waals surface area contributed by atoms with E-state index < -0.39 is 8.80 Å². The topological polar surface area (TPSA) is 53.7 Å². The molecule has 5 heteroatoms. The summed E-state index contributed by atoms with van der Waals surface area (Å²) in [6, 6.07) is 0.807. The Morgan fingerprint density at radius 3 is 2.08 bits per heavy atom. The van der Waals surface area contributed by atoms with E-state index in [0.717, 1.165) is 12.5 Å². The van der Waals surface area contributed by atoms with Gasteiger partial charge in [-0.3, -0.25) is 0 Å². The van der Waals surface area contributed by atoms with E-state index in [1.807, 2.05) is 0 Å². The molecule has 0 aliphatic carbocycles. The van der Waals surface area contributed by atoms with Gasteiger partial charge in [-0.25, -0.2) is 0 Å². The van der Waals surface area contributed by atoms with Crippen LogP contribution in [0.15, 0.2) is 0 Å². The molecule has 0 heterocycles. The Balaban J connectivity index is 4.13. The van der Waals surface area contributed by atoms with Crippen LogP contribution in [0.3, 0.4) is 0 Å². The molecule has 74 valence electrons. The number of hydrogen-bond donors (Lipinski definition) is 1. The molecule has 1 unspecified atom stereocenters. The van der Waals surface area contributed by atoms with Crippen LogP contribution >= 0.6 is 0 Å². The third-order valence-corrected chi connectivity index (χ3v) is 4.63. The summed E-state index contributed by atoms with van der Waals surface area (Å²) in [5.74, 6) is 0. The van der Waals surface area contributed by atoms with Gasteiger partial charge < -0.3 is 19.0 Å². The van der Waals surface area contributed by atoms with Gasteiger partial charge in [-0.05, 0) is 6.92 Å². The molecule has 0 aromatic heterocycles. The fraction of sp³-hybridized carbons (Fsp3) is 1.00. The van der Waals surface area contributed by atoms with Gasteiger partial charge in [0.1, 0.15) is 0 Å². The molecule has 0 amide bonds. The predicted molar refractivity (Wildman–Crippen MR) is 49.6 cm³/mol. The fourth-order valence-corrected chi connectivity index (χ4v) is 3.10. The molecular weight excluding hydrogens is 174 g/mol. The van der Waals surface area contributed by atoms with Crippen molar-refractivity contribution in [2.75, 3.05) is 14.2 Å². The van der Waals surface area contributed by atoms with Gasteiger partial charge in [-0.1, -0.05) is 13.3 Å². The molecule has 4 nitrogen and oxygen atoms in total. The standard InChI is InChI=1S/C7H19NO3Si/c1-5-6-12(9-3,10-4)11-7(2)8/h7H,5-6,8H2,1-4H3. The first-order valence-corrected chi connectivity index (χ1v) is 6.07. The van der Waals surface area contributed by atoms with E-state index in [2.05, 4.69) is 6.92 Å². The number of rotatable bonds is 6. The Morgan fingerprint density at radius 1 is 1.33 bits per heavy atom. The Labute approximate surface area is 75.4 Å². The highest BCUT2D eigenvalue weighted by molar-refractivity contribution is 6.60. The smallest absolute Gasteiger partial charge is 0.377 e. The van der Waals surface area contributed by atoms with Crippen molar-refractivity contribution in [3.8, 4) is 0 Å². The van der Waals surface area contributed by atoms with E-state index in [0.29, 0.717) is 0 Å². The molecule has 0 fully saturated rings.